The summed E-state index contributed by atoms with van der Waals surface area (Å²) in [4.78, 5) is 12.9. The lowest BCUT2D eigenvalue weighted by Crippen LogP contribution is -2.60. The molecule has 0 bridgehead atoms. The van der Waals surface area contributed by atoms with Crippen LogP contribution in [0.25, 0.3) is 0 Å². The van der Waals surface area contributed by atoms with Crippen LogP contribution in [0.2, 0.25) is 0 Å². The molecular weight excluding hydrogens is 403 g/mol. The smallest absolute Gasteiger partial charge is 0.223 e. The van der Waals surface area contributed by atoms with Gasteiger partial charge in [-0.3, -0.25) is 4.79 Å². The molecule has 4 nitrogen and oxygen atoms in total. The number of carbonyl (C=O) groups is 1. The molecule has 11 atom stereocenters. The van der Waals surface area contributed by atoms with Crippen molar-refractivity contribution in [2.45, 2.75) is 95.1 Å². The molecule has 0 aromatic rings. The highest BCUT2D eigenvalue weighted by Crippen LogP contribution is 2.46. The Morgan fingerprint density at radius 1 is 1.06 bits per heavy atom. The van der Waals surface area contributed by atoms with Gasteiger partial charge in [-0.1, -0.05) is 6.08 Å². The first-order valence-corrected chi connectivity index (χ1v) is 12.1. The third kappa shape index (κ3) is 4.41. The molecule has 0 aromatic carbocycles. The average Bonchev–Trinajstić information content (AvgIpc) is 3.15. The van der Waals surface area contributed by atoms with Crippen molar-refractivity contribution >= 4 is 5.91 Å². The zero-order chi connectivity index (χ0) is 22.3. The molecule has 2 saturated heterocycles. The minimum atomic E-state index is -2.02. The zero-order valence-electron chi connectivity index (χ0n) is 18.7. The highest BCUT2D eigenvalue weighted by atomic mass is 19.2. The molecule has 2 aliphatic carbocycles. The highest BCUT2D eigenvalue weighted by Gasteiger charge is 2.54. The Balaban J connectivity index is 1.48. The first kappa shape index (κ1) is 23.1. The van der Waals surface area contributed by atoms with E-state index < -0.39 is 24.6 Å². The van der Waals surface area contributed by atoms with Crippen molar-refractivity contribution in [1.82, 2.24) is 16.0 Å². The topological polar surface area (TPSA) is 53.2 Å². The van der Waals surface area contributed by atoms with Gasteiger partial charge >= 0.3 is 0 Å². The van der Waals surface area contributed by atoms with Gasteiger partial charge in [-0.25, -0.2) is 13.2 Å². The van der Waals surface area contributed by atoms with Gasteiger partial charge in [0.05, 0.1) is 0 Å². The van der Waals surface area contributed by atoms with Crippen molar-refractivity contribution in [2.75, 3.05) is 6.54 Å². The molecule has 2 aliphatic heterocycles. The van der Waals surface area contributed by atoms with Gasteiger partial charge in [0.1, 0.15) is 12.3 Å². The minimum absolute atomic E-state index is 0.00351. The summed E-state index contributed by atoms with van der Waals surface area (Å²) >= 11 is 0. The van der Waals surface area contributed by atoms with E-state index in [2.05, 4.69) is 22.5 Å². The second-order valence-electron chi connectivity index (χ2n) is 10.6. The average molecular weight is 442 g/mol. The summed E-state index contributed by atoms with van der Waals surface area (Å²) in [5, 5.41) is 10.1. The van der Waals surface area contributed by atoms with Crippen molar-refractivity contribution in [2.24, 2.45) is 29.6 Å². The molecule has 4 rings (SSSR count). The maximum atomic E-state index is 14.4. The van der Waals surface area contributed by atoms with Crippen molar-refractivity contribution < 1.29 is 18.0 Å². The molecule has 31 heavy (non-hydrogen) atoms. The summed E-state index contributed by atoms with van der Waals surface area (Å²) in [5.41, 5.74) is 0. The monoisotopic (exact) mass is 441 g/mol. The van der Waals surface area contributed by atoms with E-state index in [1.165, 1.54) is 0 Å². The third-order valence-corrected chi connectivity index (χ3v) is 8.40. The first-order valence-electron chi connectivity index (χ1n) is 12.1. The van der Waals surface area contributed by atoms with E-state index in [9.17, 15) is 18.0 Å². The Bertz CT molecular complexity index is 662. The Morgan fingerprint density at radius 2 is 1.84 bits per heavy atom. The Kier molecular flexibility index (Phi) is 7.02. The summed E-state index contributed by atoms with van der Waals surface area (Å²) in [7, 11) is 0. The van der Waals surface area contributed by atoms with Crippen LogP contribution in [-0.4, -0.2) is 55.1 Å². The lowest BCUT2D eigenvalue weighted by molar-refractivity contribution is -0.130. The van der Waals surface area contributed by atoms with Gasteiger partial charge in [0, 0.05) is 36.6 Å². The first-order chi connectivity index (χ1) is 14.8. The van der Waals surface area contributed by atoms with Gasteiger partial charge in [-0.15, -0.1) is 6.58 Å². The molecule has 11 unspecified atom stereocenters. The number of hydrogen-bond acceptors (Lipinski definition) is 3. The van der Waals surface area contributed by atoms with E-state index >= 15 is 0 Å². The fourth-order valence-corrected chi connectivity index (χ4v) is 7.00. The number of rotatable bonds is 5. The fraction of sp³-hybridized carbons (Fsp3) is 0.875. The number of hydrogen-bond donors (Lipinski definition) is 3. The van der Waals surface area contributed by atoms with Crippen molar-refractivity contribution in [1.29, 1.82) is 0 Å². The fourth-order valence-electron chi connectivity index (χ4n) is 7.00. The van der Waals surface area contributed by atoms with Gasteiger partial charge < -0.3 is 16.0 Å². The van der Waals surface area contributed by atoms with Gasteiger partial charge in [0.2, 0.25) is 5.91 Å². The summed E-state index contributed by atoms with van der Waals surface area (Å²) in [6.45, 7) is 8.49. The third-order valence-electron chi connectivity index (χ3n) is 8.40. The van der Waals surface area contributed by atoms with Crippen molar-refractivity contribution in [3.05, 3.63) is 12.7 Å². The number of fused-ring (bicyclic) bond motifs is 2. The zero-order valence-corrected chi connectivity index (χ0v) is 18.7. The van der Waals surface area contributed by atoms with E-state index in [0.29, 0.717) is 12.5 Å². The van der Waals surface area contributed by atoms with Crippen LogP contribution in [0.5, 0.6) is 0 Å². The number of carbonyl (C=O) groups excluding carboxylic acids is 1. The van der Waals surface area contributed by atoms with E-state index in [1.807, 2.05) is 19.9 Å². The van der Waals surface area contributed by atoms with E-state index in [1.54, 1.807) is 0 Å². The predicted octanol–water partition coefficient (Wildman–Crippen LogP) is 3.47. The SMILES string of the molecule is C=CCC1CCC(C(=O)NC(C)C)C2CCC(C3CNC4C(F)C(F)C(F)CC34)NC12. The standard InChI is InChI=1S/C24H38F3N3O/c1-4-5-13-6-7-15(24(31)29-12(2)3)14-8-9-19(30-22(13)14)17-11-28-23-16(17)10-18(25)20(26)21(23)27/h4,12-23,28,30H,1,5-11H2,2-3H3,(H,29,31). The largest absolute Gasteiger partial charge is 0.354 e. The molecule has 1 amide bonds. The number of alkyl halides is 3. The molecular formula is C24H38F3N3O. The van der Waals surface area contributed by atoms with Crippen LogP contribution in [0, 0.1) is 29.6 Å². The summed E-state index contributed by atoms with van der Waals surface area (Å²) < 4.78 is 42.5. The Hall–Kier alpha value is -1.08. The molecule has 7 heteroatoms. The van der Waals surface area contributed by atoms with Crippen LogP contribution in [-0.2, 0) is 4.79 Å². The van der Waals surface area contributed by atoms with Gasteiger partial charge in [-0.05, 0) is 76.0 Å². The van der Waals surface area contributed by atoms with Crippen LogP contribution >= 0.6 is 0 Å². The Labute approximate surface area is 184 Å². The normalized spacial score (nSPS) is 47.5. The molecule has 176 valence electrons. The molecule has 3 N–H and O–H groups in total. The van der Waals surface area contributed by atoms with Gasteiger partial charge in [0.15, 0.2) is 6.17 Å². The molecule has 0 spiro atoms. The van der Waals surface area contributed by atoms with Crippen LogP contribution in [0.4, 0.5) is 13.2 Å². The molecule has 2 saturated carbocycles. The lowest BCUT2D eigenvalue weighted by atomic mass is 9.63. The van der Waals surface area contributed by atoms with Crippen LogP contribution < -0.4 is 16.0 Å². The summed E-state index contributed by atoms with van der Waals surface area (Å²) in [5.74, 6) is 0.735. The van der Waals surface area contributed by atoms with Crippen LogP contribution in [0.15, 0.2) is 12.7 Å². The molecule has 4 fully saturated rings. The van der Waals surface area contributed by atoms with Gasteiger partial charge in [-0.2, -0.15) is 0 Å². The number of piperidine rings is 1. The number of amides is 1. The van der Waals surface area contributed by atoms with Crippen molar-refractivity contribution in [3.8, 4) is 0 Å². The predicted molar refractivity (Wildman–Crippen MR) is 116 cm³/mol. The van der Waals surface area contributed by atoms with Gasteiger partial charge in [0.25, 0.3) is 0 Å². The lowest BCUT2D eigenvalue weighted by Gasteiger charge is -2.50. The molecule has 2 heterocycles. The minimum Gasteiger partial charge on any atom is -0.354 e. The molecule has 0 radical (unpaired) electrons. The molecule has 4 aliphatic rings. The maximum absolute atomic E-state index is 14.4. The van der Waals surface area contributed by atoms with E-state index in [-0.39, 0.29) is 54.1 Å². The molecule has 0 aromatic heterocycles. The summed E-state index contributed by atoms with van der Waals surface area (Å²) in [6.07, 6.45) is 1.11. The second kappa shape index (κ2) is 9.42. The van der Waals surface area contributed by atoms with E-state index in [4.69, 9.17) is 0 Å². The number of nitrogens with one attached hydrogen (secondary N) is 3. The van der Waals surface area contributed by atoms with Crippen LogP contribution in [0.1, 0.15) is 52.4 Å². The quantitative estimate of drug-likeness (QED) is 0.573. The van der Waals surface area contributed by atoms with Crippen molar-refractivity contribution in [3.63, 3.8) is 0 Å². The van der Waals surface area contributed by atoms with Crippen LogP contribution in [0.3, 0.4) is 0 Å². The number of halogens is 3. The van der Waals surface area contributed by atoms with E-state index in [0.717, 1.165) is 32.1 Å². The summed E-state index contributed by atoms with van der Waals surface area (Å²) in [6, 6.07) is -0.132. The number of allylic oxidation sites excluding steroid dienone is 1. The second-order valence-corrected chi connectivity index (χ2v) is 10.6. The highest BCUT2D eigenvalue weighted by molar-refractivity contribution is 5.79. The Morgan fingerprint density at radius 3 is 2.55 bits per heavy atom. The maximum Gasteiger partial charge on any atom is 0.223 e.